The molecule has 3 rings (SSSR count). The zero-order valence-electron chi connectivity index (χ0n) is 12.0. The monoisotopic (exact) mass is 278 g/mol. The van der Waals surface area contributed by atoms with E-state index in [2.05, 4.69) is 45.7 Å². The molecule has 3 aromatic rings. The third-order valence-corrected chi connectivity index (χ3v) is 3.66. The van der Waals surface area contributed by atoms with E-state index in [-0.39, 0.29) is 6.04 Å². The molecule has 0 aliphatic rings. The highest BCUT2D eigenvalue weighted by Gasteiger charge is 2.15. The van der Waals surface area contributed by atoms with E-state index in [4.69, 9.17) is 5.73 Å². The van der Waals surface area contributed by atoms with Gasteiger partial charge in [0.25, 0.3) is 0 Å². The number of rotatable bonds is 4. The number of benzene rings is 1. The lowest BCUT2D eigenvalue weighted by Gasteiger charge is -2.20. The van der Waals surface area contributed by atoms with Crippen molar-refractivity contribution in [2.45, 2.75) is 19.4 Å². The second-order valence-corrected chi connectivity index (χ2v) is 4.99. The number of nitrogens with zero attached hydrogens (tertiary/aromatic N) is 3. The largest absolute Gasteiger partial charge is 0.384 e. The van der Waals surface area contributed by atoms with Crippen LogP contribution in [0.25, 0.3) is 11.3 Å². The highest BCUT2D eigenvalue weighted by atomic mass is 15.1. The van der Waals surface area contributed by atoms with Crippen molar-refractivity contribution < 1.29 is 0 Å². The molecule has 1 unspecified atom stereocenters. The van der Waals surface area contributed by atoms with Crippen molar-refractivity contribution >= 4 is 5.82 Å². The fourth-order valence-corrected chi connectivity index (χ4v) is 2.60. The Hall–Kier alpha value is -2.62. The average Bonchev–Trinajstić information content (AvgIpc) is 2.99. The van der Waals surface area contributed by atoms with Crippen LogP contribution in [0.4, 0.5) is 5.82 Å². The number of anilines is 1. The number of imidazole rings is 1. The van der Waals surface area contributed by atoms with Crippen molar-refractivity contribution in [2.75, 3.05) is 5.73 Å². The second-order valence-electron chi connectivity index (χ2n) is 4.99. The summed E-state index contributed by atoms with van der Waals surface area (Å²) < 4.78 is 2.20. The molecule has 0 aliphatic heterocycles. The van der Waals surface area contributed by atoms with E-state index in [0.717, 1.165) is 17.7 Å². The number of nitrogens with two attached hydrogens (primary N) is 1. The molecule has 0 saturated carbocycles. The molecular weight excluding hydrogens is 260 g/mol. The normalized spacial score (nSPS) is 12.2. The number of hydrogen-bond donors (Lipinski definition) is 1. The first-order valence-electron chi connectivity index (χ1n) is 7.08. The third kappa shape index (κ3) is 2.65. The van der Waals surface area contributed by atoms with Gasteiger partial charge in [0.15, 0.2) is 0 Å². The molecule has 0 bridgehead atoms. The summed E-state index contributed by atoms with van der Waals surface area (Å²) in [6, 6.07) is 14.5. The molecule has 2 aromatic heterocycles. The van der Waals surface area contributed by atoms with Crippen LogP contribution in [0, 0.1) is 0 Å². The Morgan fingerprint density at radius 1 is 1.10 bits per heavy atom. The molecule has 21 heavy (non-hydrogen) atoms. The van der Waals surface area contributed by atoms with E-state index in [1.54, 1.807) is 6.20 Å². The molecule has 2 N–H and O–H groups in total. The Balaban J connectivity index is 2.03. The summed E-state index contributed by atoms with van der Waals surface area (Å²) in [5, 5.41) is 0. The molecule has 0 aliphatic carbocycles. The van der Waals surface area contributed by atoms with E-state index in [1.165, 1.54) is 5.56 Å². The molecule has 106 valence electrons. The van der Waals surface area contributed by atoms with Crippen LogP contribution in [0.5, 0.6) is 0 Å². The van der Waals surface area contributed by atoms with E-state index in [9.17, 15) is 0 Å². The average molecular weight is 278 g/mol. The van der Waals surface area contributed by atoms with Crippen molar-refractivity contribution in [3.63, 3.8) is 0 Å². The molecule has 4 heteroatoms. The van der Waals surface area contributed by atoms with Crippen molar-refractivity contribution in [1.82, 2.24) is 14.5 Å². The predicted molar refractivity (Wildman–Crippen MR) is 84.7 cm³/mol. The Bertz CT molecular complexity index is 701. The van der Waals surface area contributed by atoms with E-state index < -0.39 is 0 Å². The highest BCUT2D eigenvalue weighted by molar-refractivity contribution is 5.59. The van der Waals surface area contributed by atoms with Crippen molar-refractivity contribution in [2.24, 2.45) is 0 Å². The molecule has 4 nitrogen and oxygen atoms in total. The highest BCUT2D eigenvalue weighted by Crippen LogP contribution is 2.28. The summed E-state index contributed by atoms with van der Waals surface area (Å²) in [4.78, 5) is 8.49. The maximum atomic E-state index is 5.66. The molecule has 2 heterocycles. The van der Waals surface area contributed by atoms with Gasteiger partial charge in [-0.2, -0.15) is 0 Å². The quantitative estimate of drug-likeness (QED) is 0.794. The fraction of sp³-hybridized carbons (Fsp3) is 0.176. The van der Waals surface area contributed by atoms with E-state index in [0.29, 0.717) is 5.82 Å². The Labute approximate surface area is 124 Å². The standard InChI is InChI=1S/C17H18N4/c1-2-15(13-6-4-3-5-7-13)21-12-19-11-16(21)14-8-9-17(18)20-10-14/h3-12,15H,2H2,1H3,(H2,18,20). The molecule has 0 spiro atoms. The summed E-state index contributed by atoms with van der Waals surface area (Å²) in [5.74, 6) is 0.528. The minimum Gasteiger partial charge on any atom is -0.384 e. The number of pyridine rings is 1. The van der Waals surface area contributed by atoms with Crippen molar-refractivity contribution in [3.8, 4) is 11.3 Å². The van der Waals surface area contributed by atoms with Gasteiger partial charge in [-0.3, -0.25) is 0 Å². The number of nitrogen functional groups attached to an aromatic ring is 1. The van der Waals surface area contributed by atoms with Crippen LogP contribution in [-0.4, -0.2) is 14.5 Å². The Kier molecular flexibility index (Phi) is 3.69. The predicted octanol–water partition coefficient (Wildman–Crippen LogP) is 3.53. The molecule has 1 aromatic carbocycles. The third-order valence-electron chi connectivity index (χ3n) is 3.66. The lowest BCUT2D eigenvalue weighted by Crippen LogP contribution is -2.10. The molecule has 0 saturated heterocycles. The minimum atomic E-state index is 0.265. The van der Waals surface area contributed by atoms with E-state index >= 15 is 0 Å². The molecule has 0 fully saturated rings. The first kappa shape index (κ1) is 13.4. The number of aromatic nitrogens is 3. The van der Waals surface area contributed by atoms with Gasteiger partial charge in [-0.25, -0.2) is 9.97 Å². The maximum Gasteiger partial charge on any atom is 0.123 e. The zero-order chi connectivity index (χ0) is 14.7. The maximum absolute atomic E-state index is 5.66. The summed E-state index contributed by atoms with van der Waals surface area (Å²) in [5.41, 5.74) is 9.02. The van der Waals surface area contributed by atoms with Gasteiger partial charge < -0.3 is 10.3 Å². The Morgan fingerprint density at radius 3 is 2.57 bits per heavy atom. The van der Waals surface area contributed by atoms with Gasteiger partial charge in [-0.15, -0.1) is 0 Å². The van der Waals surface area contributed by atoms with Gasteiger partial charge in [0, 0.05) is 11.8 Å². The van der Waals surface area contributed by atoms with E-state index in [1.807, 2.05) is 30.7 Å². The molecule has 0 amide bonds. The lowest BCUT2D eigenvalue weighted by atomic mass is 10.0. The topological polar surface area (TPSA) is 56.7 Å². The SMILES string of the molecule is CCC(c1ccccc1)n1cncc1-c1ccc(N)nc1. The van der Waals surface area contributed by atoms with Crippen LogP contribution >= 0.6 is 0 Å². The van der Waals surface area contributed by atoms with Gasteiger partial charge in [0.2, 0.25) is 0 Å². The Morgan fingerprint density at radius 2 is 1.90 bits per heavy atom. The van der Waals surface area contributed by atoms with Crippen LogP contribution in [0.1, 0.15) is 24.9 Å². The summed E-state index contributed by atoms with van der Waals surface area (Å²) >= 11 is 0. The summed E-state index contributed by atoms with van der Waals surface area (Å²) in [7, 11) is 0. The first-order valence-corrected chi connectivity index (χ1v) is 7.08. The smallest absolute Gasteiger partial charge is 0.123 e. The van der Waals surface area contributed by atoms with Crippen LogP contribution < -0.4 is 5.73 Å². The van der Waals surface area contributed by atoms with Crippen LogP contribution in [0.2, 0.25) is 0 Å². The minimum absolute atomic E-state index is 0.265. The van der Waals surface area contributed by atoms with Crippen LogP contribution in [0.3, 0.4) is 0 Å². The first-order chi connectivity index (χ1) is 10.3. The molecule has 1 atom stereocenters. The summed E-state index contributed by atoms with van der Waals surface area (Å²) in [6.45, 7) is 2.18. The van der Waals surface area contributed by atoms with Crippen molar-refractivity contribution in [3.05, 3.63) is 66.7 Å². The van der Waals surface area contributed by atoms with Gasteiger partial charge in [-0.05, 0) is 24.1 Å². The fourth-order valence-electron chi connectivity index (χ4n) is 2.60. The number of hydrogen-bond acceptors (Lipinski definition) is 3. The molecule has 0 radical (unpaired) electrons. The zero-order valence-corrected chi connectivity index (χ0v) is 12.0. The van der Waals surface area contributed by atoms with Gasteiger partial charge >= 0.3 is 0 Å². The van der Waals surface area contributed by atoms with Crippen LogP contribution in [-0.2, 0) is 0 Å². The van der Waals surface area contributed by atoms with Gasteiger partial charge in [0.1, 0.15) is 5.82 Å². The van der Waals surface area contributed by atoms with Crippen molar-refractivity contribution in [1.29, 1.82) is 0 Å². The van der Waals surface area contributed by atoms with Gasteiger partial charge in [0.05, 0.1) is 24.3 Å². The summed E-state index contributed by atoms with van der Waals surface area (Å²) in [6.07, 6.45) is 6.54. The second kappa shape index (κ2) is 5.79. The lowest BCUT2D eigenvalue weighted by molar-refractivity contribution is 0.571. The molecular formula is C17H18N4. The van der Waals surface area contributed by atoms with Gasteiger partial charge in [-0.1, -0.05) is 37.3 Å². The van der Waals surface area contributed by atoms with Crippen LogP contribution in [0.15, 0.2) is 61.2 Å².